The van der Waals surface area contributed by atoms with E-state index in [-0.39, 0.29) is 0 Å². The molecule has 0 amide bonds. The number of hydrogen-bond acceptors (Lipinski definition) is 3. The van der Waals surface area contributed by atoms with Gasteiger partial charge < -0.3 is 5.11 Å². The summed E-state index contributed by atoms with van der Waals surface area (Å²) in [6, 6.07) is 0. The van der Waals surface area contributed by atoms with Gasteiger partial charge in [-0.2, -0.15) is 0 Å². The number of rotatable bonds is 12. The Labute approximate surface area is 111 Å². The first-order valence-corrected chi connectivity index (χ1v) is 6.24. The van der Waals surface area contributed by atoms with E-state index in [4.69, 9.17) is 0 Å². The van der Waals surface area contributed by atoms with E-state index in [1.807, 2.05) is 24.3 Å². The smallest absolute Gasteiger partial charge is 0.0794 e. The fourth-order valence-corrected chi connectivity index (χ4v) is 1.83. The van der Waals surface area contributed by atoms with Crippen LogP contribution in [-0.2, 0) is 0 Å². The molecule has 102 valence electrons. The van der Waals surface area contributed by atoms with Crippen LogP contribution < -0.4 is 0 Å². The first-order valence-electron chi connectivity index (χ1n) is 6.24. The van der Waals surface area contributed by atoms with Crippen molar-refractivity contribution < 1.29 is 5.11 Å². The van der Waals surface area contributed by atoms with Crippen molar-refractivity contribution in [3.8, 4) is 0 Å². The summed E-state index contributed by atoms with van der Waals surface area (Å²) in [5.41, 5.74) is 0. The van der Waals surface area contributed by atoms with E-state index in [0.717, 1.165) is 26.2 Å². The highest BCUT2D eigenvalue weighted by molar-refractivity contribution is 4.84. The average Bonchev–Trinajstić information content (AvgIpc) is 2.30. The Morgan fingerprint density at radius 1 is 0.722 bits per heavy atom. The lowest BCUT2D eigenvalue weighted by molar-refractivity contribution is 0.0891. The van der Waals surface area contributed by atoms with E-state index in [0.29, 0.717) is 13.1 Å². The van der Waals surface area contributed by atoms with Gasteiger partial charge in [0.2, 0.25) is 0 Å². The summed E-state index contributed by atoms with van der Waals surface area (Å²) < 4.78 is 0. The van der Waals surface area contributed by atoms with Crippen molar-refractivity contribution in [2.45, 2.75) is 6.10 Å². The summed E-state index contributed by atoms with van der Waals surface area (Å²) in [5, 5.41) is 10.1. The molecule has 3 heteroatoms. The molecule has 1 N–H and O–H groups in total. The number of hydrogen-bond donors (Lipinski definition) is 1. The van der Waals surface area contributed by atoms with E-state index in [9.17, 15) is 5.11 Å². The third-order valence-electron chi connectivity index (χ3n) is 2.49. The quantitative estimate of drug-likeness (QED) is 0.534. The molecule has 0 spiro atoms. The summed E-state index contributed by atoms with van der Waals surface area (Å²) >= 11 is 0. The Hall–Kier alpha value is -1.16. The van der Waals surface area contributed by atoms with Crippen LogP contribution in [0, 0.1) is 0 Å². The largest absolute Gasteiger partial charge is 0.390 e. The van der Waals surface area contributed by atoms with Crippen molar-refractivity contribution in [1.82, 2.24) is 9.80 Å². The Morgan fingerprint density at radius 2 is 1.00 bits per heavy atom. The van der Waals surface area contributed by atoms with Crippen molar-refractivity contribution in [2.75, 3.05) is 39.3 Å². The molecule has 0 bridgehead atoms. The van der Waals surface area contributed by atoms with Gasteiger partial charge in [0.1, 0.15) is 0 Å². The van der Waals surface area contributed by atoms with Crippen molar-refractivity contribution in [3.63, 3.8) is 0 Å². The molecule has 0 aromatic rings. The van der Waals surface area contributed by atoms with E-state index >= 15 is 0 Å². The molecule has 0 saturated heterocycles. The fourth-order valence-electron chi connectivity index (χ4n) is 1.83. The molecule has 0 saturated carbocycles. The van der Waals surface area contributed by atoms with E-state index in [1.165, 1.54) is 0 Å². The van der Waals surface area contributed by atoms with Crippen molar-refractivity contribution in [2.24, 2.45) is 0 Å². The third kappa shape index (κ3) is 8.01. The van der Waals surface area contributed by atoms with Gasteiger partial charge in [0, 0.05) is 39.3 Å². The molecule has 0 fully saturated rings. The Morgan fingerprint density at radius 3 is 1.22 bits per heavy atom. The van der Waals surface area contributed by atoms with Gasteiger partial charge in [-0.3, -0.25) is 9.80 Å². The lowest BCUT2D eigenvalue weighted by atomic mass is 10.2. The molecular weight excluding hydrogens is 224 g/mol. The topological polar surface area (TPSA) is 26.7 Å². The monoisotopic (exact) mass is 250 g/mol. The highest BCUT2D eigenvalue weighted by Crippen LogP contribution is 1.98. The second-order valence-electron chi connectivity index (χ2n) is 4.25. The molecule has 0 rings (SSSR count). The summed E-state index contributed by atoms with van der Waals surface area (Å²) in [6.45, 7) is 19.1. The van der Waals surface area contributed by atoms with Gasteiger partial charge in [-0.15, -0.1) is 26.3 Å². The third-order valence-corrected chi connectivity index (χ3v) is 2.49. The van der Waals surface area contributed by atoms with E-state index in [1.54, 1.807) is 0 Å². The van der Waals surface area contributed by atoms with Crippen LogP contribution in [0.1, 0.15) is 0 Å². The van der Waals surface area contributed by atoms with Gasteiger partial charge in [0.15, 0.2) is 0 Å². The Bertz CT molecular complexity index is 217. The molecule has 0 aliphatic carbocycles. The molecule has 3 nitrogen and oxygen atoms in total. The molecular formula is C15H26N2O. The molecule has 0 aliphatic rings. The highest BCUT2D eigenvalue weighted by atomic mass is 16.3. The SMILES string of the molecule is C=CCN(CC=C)CC(O)CN(CC=C)CC=C. The number of nitrogens with zero attached hydrogens (tertiary/aromatic N) is 2. The highest BCUT2D eigenvalue weighted by Gasteiger charge is 2.12. The molecule has 0 aromatic heterocycles. The minimum absolute atomic E-state index is 0.398. The lowest BCUT2D eigenvalue weighted by Crippen LogP contribution is -2.40. The van der Waals surface area contributed by atoms with Gasteiger partial charge in [-0.05, 0) is 0 Å². The fraction of sp³-hybridized carbons (Fsp3) is 0.467. The summed E-state index contributed by atoms with van der Waals surface area (Å²) in [4.78, 5) is 4.20. The molecule has 0 atom stereocenters. The van der Waals surface area contributed by atoms with Crippen LogP contribution in [0.25, 0.3) is 0 Å². The zero-order valence-corrected chi connectivity index (χ0v) is 11.3. The van der Waals surface area contributed by atoms with Crippen molar-refractivity contribution in [1.29, 1.82) is 0 Å². The standard InChI is InChI=1S/C15H26N2O/c1-5-9-16(10-6-2)13-15(18)14-17(11-7-3)12-8-4/h5-8,15,18H,1-4,9-14H2. The van der Waals surface area contributed by atoms with Crippen LogP contribution in [-0.4, -0.2) is 60.3 Å². The first kappa shape index (κ1) is 16.8. The van der Waals surface area contributed by atoms with Crippen LogP contribution in [0.15, 0.2) is 50.6 Å². The van der Waals surface area contributed by atoms with Crippen molar-refractivity contribution in [3.05, 3.63) is 50.6 Å². The molecule has 0 aromatic carbocycles. The van der Waals surface area contributed by atoms with Crippen LogP contribution in [0.2, 0.25) is 0 Å². The summed E-state index contributed by atoms with van der Waals surface area (Å²) in [7, 11) is 0. The Kier molecular flexibility index (Phi) is 10.3. The average molecular weight is 250 g/mol. The van der Waals surface area contributed by atoms with Crippen molar-refractivity contribution >= 4 is 0 Å². The van der Waals surface area contributed by atoms with Gasteiger partial charge >= 0.3 is 0 Å². The normalized spacial score (nSPS) is 10.9. The number of aliphatic hydroxyl groups excluding tert-OH is 1. The first-order chi connectivity index (χ1) is 8.67. The second kappa shape index (κ2) is 11.0. The molecule has 18 heavy (non-hydrogen) atoms. The maximum atomic E-state index is 10.1. The van der Waals surface area contributed by atoms with Crippen LogP contribution >= 0.6 is 0 Å². The Balaban J connectivity index is 4.20. The van der Waals surface area contributed by atoms with E-state index < -0.39 is 6.10 Å². The maximum Gasteiger partial charge on any atom is 0.0794 e. The minimum Gasteiger partial charge on any atom is -0.390 e. The van der Waals surface area contributed by atoms with Gasteiger partial charge in [-0.25, -0.2) is 0 Å². The second-order valence-corrected chi connectivity index (χ2v) is 4.25. The minimum atomic E-state index is -0.398. The van der Waals surface area contributed by atoms with Gasteiger partial charge in [-0.1, -0.05) is 24.3 Å². The van der Waals surface area contributed by atoms with Crippen LogP contribution in [0.5, 0.6) is 0 Å². The zero-order chi connectivity index (χ0) is 13.8. The predicted molar refractivity (Wildman–Crippen MR) is 79.7 cm³/mol. The maximum absolute atomic E-state index is 10.1. The molecule has 0 aliphatic heterocycles. The van der Waals surface area contributed by atoms with Crippen LogP contribution in [0.3, 0.4) is 0 Å². The lowest BCUT2D eigenvalue weighted by Gasteiger charge is -2.26. The molecule has 0 heterocycles. The number of aliphatic hydroxyl groups is 1. The van der Waals surface area contributed by atoms with E-state index in [2.05, 4.69) is 36.1 Å². The summed E-state index contributed by atoms with van der Waals surface area (Å²) in [5.74, 6) is 0. The molecule has 0 unspecified atom stereocenters. The van der Waals surface area contributed by atoms with Gasteiger partial charge in [0.25, 0.3) is 0 Å². The zero-order valence-electron chi connectivity index (χ0n) is 11.3. The predicted octanol–water partition coefficient (Wildman–Crippen LogP) is 1.70. The van der Waals surface area contributed by atoms with Crippen LogP contribution in [0.4, 0.5) is 0 Å². The van der Waals surface area contributed by atoms with Gasteiger partial charge in [0.05, 0.1) is 6.10 Å². The summed E-state index contributed by atoms with van der Waals surface area (Å²) in [6.07, 6.45) is 6.94. The molecule has 0 radical (unpaired) electrons.